The molecule has 8 rings (SSSR count). The van der Waals surface area contributed by atoms with Gasteiger partial charge in [0.15, 0.2) is 0 Å². The van der Waals surface area contributed by atoms with Gasteiger partial charge in [-0.15, -0.1) is 11.3 Å². The first-order chi connectivity index (χ1) is 29.8. The third kappa shape index (κ3) is 8.99. The molecule has 0 bridgehead atoms. The summed E-state index contributed by atoms with van der Waals surface area (Å²) in [6, 6.07) is 16.4. The van der Waals surface area contributed by atoms with Crippen molar-refractivity contribution in [3.8, 4) is 5.75 Å². The maximum atomic E-state index is 16.5. The first kappa shape index (κ1) is 43.8. The summed E-state index contributed by atoms with van der Waals surface area (Å²) < 4.78 is 44.0. The van der Waals surface area contributed by atoms with Crippen molar-refractivity contribution < 1.29 is 37.4 Å². The molecular formula is C46H55FN5O8PS. The van der Waals surface area contributed by atoms with E-state index in [0.717, 1.165) is 50.5 Å². The van der Waals surface area contributed by atoms with Gasteiger partial charge in [-0.3, -0.25) is 28.5 Å². The number of amides is 3. The molecule has 3 amide bonds. The number of pyridine rings is 1. The summed E-state index contributed by atoms with van der Waals surface area (Å²) in [6.45, 7) is 4.09. The minimum absolute atomic E-state index is 0.00374. The van der Waals surface area contributed by atoms with E-state index in [9.17, 15) is 28.5 Å². The van der Waals surface area contributed by atoms with Crippen LogP contribution in [0.3, 0.4) is 0 Å². The summed E-state index contributed by atoms with van der Waals surface area (Å²) in [5, 5.41) is 6.14. The summed E-state index contributed by atoms with van der Waals surface area (Å²) in [4.78, 5) is 71.9. The summed E-state index contributed by atoms with van der Waals surface area (Å²) in [5.74, 6) is -3.62. The van der Waals surface area contributed by atoms with E-state index in [0.29, 0.717) is 40.8 Å². The topological polar surface area (TPSA) is 156 Å². The Labute approximate surface area is 364 Å². The number of alkyl halides is 1. The van der Waals surface area contributed by atoms with Gasteiger partial charge in [0.25, 0.3) is 11.5 Å². The molecule has 2 aromatic carbocycles. The molecule has 4 unspecified atom stereocenters. The number of halogens is 1. The lowest BCUT2D eigenvalue weighted by atomic mass is 9.94. The number of nitrogens with zero attached hydrogens (tertiary/aromatic N) is 3. The Morgan fingerprint density at radius 2 is 1.77 bits per heavy atom. The van der Waals surface area contributed by atoms with Crippen molar-refractivity contribution >= 4 is 52.6 Å². The van der Waals surface area contributed by atoms with E-state index >= 15 is 4.39 Å². The van der Waals surface area contributed by atoms with Crippen molar-refractivity contribution in [2.75, 3.05) is 19.7 Å². The fraction of sp³-hybridized carbons (Fsp3) is 0.500. The second kappa shape index (κ2) is 18.1. The first-order valence-electron chi connectivity index (χ1n) is 21.8. The van der Waals surface area contributed by atoms with E-state index in [4.69, 9.17) is 9.26 Å². The number of aryl methyl sites for hydroxylation is 1. The Balaban J connectivity index is 0.945. The van der Waals surface area contributed by atoms with Crippen LogP contribution >= 0.6 is 18.9 Å². The van der Waals surface area contributed by atoms with Crippen molar-refractivity contribution in [1.82, 2.24) is 24.8 Å². The van der Waals surface area contributed by atoms with Gasteiger partial charge in [-0.25, -0.2) is 9.48 Å². The van der Waals surface area contributed by atoms with E-state index in [2.05, 4.69) is 10.4 Å². The summed E-state index contributed by atoms with van der Waals surface area (Å²) >= 11 is 1.22. The molecule has 1 saturated carbocycles. The van der Waals surface area contributed by atoms with Gasteiger partial charge in [0.05, 0.1) is 17.4 Å². The van der Waals surface area contributed by atoms with Crippen LogP contribution < -0.4 is 20.5 Å². The van der Waals surface area contributed by atoms with Crippen LogP contribution in [0.4, 0.5) is 4.39 Å². The standard InChI is InChI=1S/C46H55FN5O8PS/c1-4-22-59-45(57)29(2)49-61(58,60-36-12-6-5-7-13-36)41(47)31-14-17-38-33(23-31)24-39(62-38)42(54)48-27-32-10-8-9-11-35-15-16-37(52(35)43(32)55)44(56)51-28-34(26-46(51)19-20-46)30-18-21-50(3)40(53)25-30/h5-7,12-14,17-18,21,23-25,29,32,34-35,37,41H,4,8-11,15-16,19-20,22,26-28H2,1-3H3,(H,48,54)(H,49,58)/t29-,32?,34?,35-,37-,41?,61?/m0/s1. The number of esters is 1. The van der Waals surface area contributed by atoms with E-state index in [1.54, 1.807) is 66.3 Å². The Morgan fingerprint density at radius 3 is 2.52 bits per heavy atom. The highest BCUT2D eigenvalue weighted by Gasteiger charge is 2.58. The van der Waals surface area contributed by atoms with Gasteiger partial charge in [-0.2, -0.15) is 0 Å². The molecule has 330 valence electrons. The fourth-order valence-corrected chi connectivity index (χ4v) is 12.4. The zero-order chi connectivity index (χ0) is 43.8. The molecule has 4 fully saturated rings. The molecule has 16 heteroatoms. The van der Waals surface area contributed by atoms with Crippen LogP contribution in [0.25, 0.3) is 10.1 Å². The number of para-hydroxylation sites is 1. The molecule has 3 aliphatic heterocycles. The lowest BCUT2D eigenvalue weighted by Gasteiger charge is -2.37. The van der Waals surface area contributed by atoms with Crippen LogP contribution in [0.1, 0.15) is 111 Å². The van der Waals surface area contributed by atoms with Gasteiger partial charge in [0.1, 0.15) is 17.8 Å². The second-order valence-electron chi connectivity index (χ2n) is 17.4. The number of thiophene rings is 1. The van der Waals surface area contributed by atoms with Crippen LogP contribution in [0, 0.1) is 5.92 Å². The highest BCUT2D eigenvalue weighted by atomic mass is 32.1. The molecule has 2 N–H and O–H groups in total. The Bertz CT molecular complexity index is 2440. The number of rotatable bonds is 14. The second-order valence-corrected chi connectivity index (χ2v) is 20.6. The zero-order valence-electron chi connectivity index (χ0n) is 35.4. The van der Waals surface area contributed by atoms with E-state index in [-0.39, 0.29) is 65.2 Å². The number of ether oxygens (including phenoxy) is 1. The van der Waals surface area contributed by atoms with E-state index in [1.807, 2.05) is 22.8 Å². The van der Waals surface area contributed by atoms with Crippen LogP contribution in [0.15, 0.2) is 77.7 Å². The molecule has 7 atom stereocenters. The molecule has 62 heavy (non-hydrogen) atoms. The third-order valence-electron chi connectivity index (χ3n) is 13.0. The molecule has 3 saturated heterocycles. The van der Waals surface area contributed by atoms with Crippen LogP contribution in [0.5, 0.6) is 5.75 Å². The van der Waals surface area contributed by atoms with Gasteiger partial charge in [-0.1, -0.05) is 44.0 Å². The lowest BCUT2D eigenvalue weighted by Crippen LogP contribution is -2.54. The van der Waals surface area contributed by atoms with Crippen LogP contribution in [0.2, 0.25) is 0 Å². The normalized spacial score (nSPS) is 23.8. The summed E-state index contributed by atoms with van der Waals surface area (Å²) in [7, 11) is -2.71. The summed E-state index contributed by atoms with van der Waals surface area (Å²) in [6.07, 6.45) is 9.58. The first-order valence-corrected chi connectivity index (χ1v) is 24.3. The average molecular weight is 888 g/mol. The SMILES string of the molecule is CCCOC(=O)[C@H](C)NP(=O)(Oc1ccccc1)C(F)c1ccc2sc(C(=O)NCC3CCCC[C@H]4CC[C@@H](C(=O)N5CC(c6ccn(C)c(=O)c6)CC56CC6)N4C3=O)cc2c1. The highest BCUT2D eigenvalue weighted by Crippen LogP contribution is 2.58. The van der Waals surface area contributed by atoms with Gasteiger partial charge < -0.3 is 28.9 Å². The third-order valence-corrected chi connectivity index (χ3v) is 16.3. The van der Waals surface area contributed by atoms with E-state index < -0.39 is 37.4 Å². The number of likely N-dealkylation sites (tertiary alicyclic amines) is 1. The van der Waals surface area contributed by atoms with Gasteiger partial charge in [0, 0.05) is 54.6 Å². The zero-order valence-corrected chi connectivity index (χ0v) is 37.1. The molecule has 1 aliphatic carbocycles. The van der Waals surface area contributed by atoms with Crippen molar-refractivity contribution in [3.63, 3.8) is 0 Å². The molecule has 2 aromatic heterocycles. The number of hydrogen-bond donors (Lipinski definition) is 2. The maximum absolute atomic E-state index is 16.5. The molecule has 5 heterocycles. The number of fused-ring (bicyclic) bond motifs is 2. The number of nitrogens with one attached hydrogen (secondary N) is 2. The van der Waals surface area contributed by atoms with Gasteiger partial charge in [0.2, 0.25) is 17.7 Å². The quantitative estimate of drug-likeness (QED) is 0.0962. The number of aromatic nitrogens is 1. The smallest absolute Gasteiger partial charge is 0.355 e. The predicted octanol–water partition coefficient (Wildman–Crippen LogP) is 7.60. The molecule has 13 nitrogen and oxygen atoms in total. The molecular weight excluding hydrogens is 833 g/mol. The number of hydrogen-bond acceptors (Lipinski definition) is 9. The Kier molecular flexibility index (Phi) is 12.8. The van der Waals surface area contributed by atoms with Crippen molar-refractivity contribution in [2.45, 2.75) is 114 Å². The summed E-state index contributed by atoms with van der Waals surface area (Å²) in [5.41, 5.74) is 0.700. The number of benzene rings is 2. The largest absolute Gasteiger partial charge is 0.465 e. The predicted molar refractivity (Wildman–Crippen MR) is 235 cm³/mol. The van der Waals surface area contributed by atoms with Crippen LogP contribution in [-0.2, 0) is 30.7 Å². The van der Waals surface area contributed by atoms with Crippen molar-refractivity contribution in [2.24, 2.45) is 13.0 Å². The highest BCUT2D eigenvalue weighted by molar-refractivity contribution is 7.57. The van der Waals surface area contributed by atoms with Gasteiger partial charge >= 0.3 is 13.5 Å². The number of carbonyl (C=O) groups is 4. The lowest BCUT2D eigenvalue weighted by molar-refractivity contribution is -0.149. The molecule has 4 aliphatic rings. The number of carbonyl (C=O) groups excluding carboxylic acids is 4. The molecule has 1 spiro atoms. The minimum Gasteiger partial charge on any atom is -0.465 e. The van der Waals surface area contributed by atoms with E-state index in [1.165, 1.54) is 30.4 Å². The molecule has 0 radical (unpaired) electrons. The van der Waals surface area contributed by atoms with Crippen molar-refractivity contribution in [1.29, 1.82) is 0 Å². The van der Waals surface area contributed by atoms with Crippen molar-refractivity contribution in [3.05, 3.63) is 99.3 Å². The monoisotopic (exact) mass is 887 g/mol. The maximum Gasteiger partial charge on any atom is 0.355 e. The Hall–Kier alpha value is -4.85. The average Bonchev–Trinajstić information content (AvgIpc) is 3.54. The fourth-order valence-electron chi connectivity index (χ4n) is 9.49. The molecule has 4 aromatic rings. The Morgan fingerprint density at radius 1 is 1.00 bits per heavy atom. The van der Waals surface area contributed by atoms with Crippen LogP contribution in [-0.4, -0.2) is 81.4 Å². The van der Waals surface area contributed by atoms with Gasteiger partial charge in [-0.05, 0) is 111 Å². The minimum atomic E-state index is -4.44.